The van der Waals surface area contributed by atoms with Crippen LogP contribution in [0.2, 0.25) is 0 Å². The molecule has 0 saturated heterocycles. The first-order chi connectivity index (χ1) is 6.23. The number of allylic oxidation sites excluding steroid dienone is 4. The van der Waals surface area contributed by atoms with E-state index in [1.54, 1.807) is 19.9 Å². The maximum absolute atomic E-state index is 10.8. The summed E-state index contributed by atoms with van der Waals surface area (Å²) in [6, 6.07) is 0. The van der Waals surface area contributed by atoms with Crippen LogP contribution in [0.25, 0.3) is 0 Å². The summed E-state index contributed by atoms with van der Waals surface area (Å²) in [6.07, 6.45) is 2.28. The van der Waals surface area contributed by atoms with Gasteiger partial charge in [-0.3, -0.25) is 0 Å². The third-order valence-electron chi connectivity index (χ3n) is 1.40. The fourth-order valence-electron chi connectivity index (χ4n) is 0.703. The fraction of sp³-hybridized carbons (Fsp3) is 0.500. The van der Waals surface area contributed by atoms with E-state index in [2.05, 4.69) is 17.0 Å². The van der Waals surface area contributed by atoms with Crippen molar-refractivity contribution in [3.8, 4) is 0 Å². The summed E-state index contributed by atoms with van der Waals surface area (Å²) >= 11 is 4.25. The molecule has 0 saturated carbocycles. The monoisotopic (exact) mass is 259 g/mol. The summed E-state index contributed by atoms with van der Waals surface area (Å²) in [4.78, 5) is 0.110. The first kappa shape index (κ1) is 17.9. The van der Waals surface area contributed by atoms with Gasteiger partial charge < -0.3 is 22.1 Å². The molecule has 0 spiro atoms. The Balaban J connectivity index is 0. The summed E-state index contributed by atoms with van der Waals surface area (Å²) in [5, 5.41) is 11.6. The zero-order valence-corrected chi connectivity index (χ0v) is 12.9. The van der Waals surface area contributed by atoms with Gasteiger partial charge in [-0.1, -0.05) is 0 Å². The number of aliphatic hydroxyl groups is 1. The van der Waals surface area contributed by atoms with E-state index in [9.17, 15) is 8.42 Å². The quantitative estimate of drug-likeness (QED) is 0.194. The molecule has 7 heteroatoms. The van der Waals surface area contributed by atoms with Crippen molar-refractivity contribution in [2.24, 2.45) is 0 Å². The molecule has 0 bridgehead atoms. The van der Waals surface area contributed by atoms with E-state index in [0.717, 1.165) is 0 Å². The van der Waals surface area contributed by atoms with Crippen LogP contribution in [0, 0.1) is 0 Å². The van der Waals surface area contributed by atoms with Crippen LogP contribution in [-0.4, -0.2) is 19.8 Å². The average molecular weight is 259 g/mol. The van der Waals surface area contributed by atoms with E-state index in [0.29, 0.717) is 5.70 Å². The van der Waals surface area contributed by atoms with Crippen LogP contribution in [0.1, 0.15) is 20.8 Å². The summed E-state index contributed by atoms with van der Waals surface area (Å²) < 4.78 is 21.6. The minimum Gasteiger partial charge on any atom is -0.644 e. The summed E-state index contributed by atoms with van der Waals surface area (Å²) in [6.45, 7) is 4.71. The van der Waals surface area contributed by atoms with Crippen molar-refractivity contribution in [3.63, 3.8) is 0 Å². The Kier molecular flexibility index (Phi) is 9.26. The number of nitrogens with one attached hydrogen (secondary N) is 1. The molecule has 4 nitrogen and oxygen atoms in total. The van der Waals surface area contributed by atoms with Gasteiger partial charge in [0, 0.05) is 10.6 Å². The molecule has 0 fully saturated rings. The van der Waals surface area contributed by atoms with Crippen LogP contribution in [0.4, 0.5) is 0 Å². The molecule has 15 heavy (non-hydrogen) atoms. The van der Waals surface area contributed by atoms with Crippen LogP contribution in [0.3, 0.4) is 0 Å². The molecule has 0 aliphatic carbocycles. The molecule has 0 aliphatic rings. The Morgan fingerprint density at radius 2 is 1.87 bits per heavy atom. The number of hydrogen-bond acceptors (Lipinski definition) is 5. The van der Waals surface area contributed by atoms with Crippen LogP contribution in [-0.2, 0) is 20.5 Å². The second-order valence-electron chi connectivity index (χ2n) is 2.90. The van der Waals surface area contributed by atoms with Gasteiger partial charge in [-0.2, -0.15) is 0 Å². The predicted molar refractivity (Wildman–Crippen MR) is 58.6 cm³/mol. The van der Waals surface area contributed by atoms with Gasteiger partial charge >= 0.3 is 29.6 Å². The van der Waals surface area contributed by atoms with E-state index in [-0.39, 0.29) is 34.5 Å². The molecule has 0 aromatic carbocycles. The first-order valence-electron chi connectivity index (χ1n) is 3.99. The van der Waals surface area contributed by atoms with Crippen molar-refractivity contribution in [2.45, 2.75) is 27.0 Å². The summed E-state index contributed by atoms with van der Waals surface area (Å²) in [5.41, 5.74) is 0.665. The molecule has 82 valence electrons. The van der Waals surface area contributed by atoms with E-state index in [4.69, 9.17) is 5.11 Å². The molecule has 1 unspecified atom stereocenters. The number of rotatable bonds is 4. The van der Waals surface area contributed by atoms with Gasteiger partial charge in [0.1, 0.15) is 6.23 Å². The molecule has 1 atom stereocenters. The molecule has 0 aliphatic heterocycles. The van der Waals surface area contributed by atoms with E-state index >= 15 is 0 Å². The molecule has 0 rings (SSSR count). The maximum atomic E-state index is 10.8. The third kappa shape index (κ3) is 9.47. The van der Waals surface area contributed by atoms with E-state index in [1.165, 1.54) is 13.0 Å². The summed E-state index contributed by atoms with van der Waals surface area (Å²) in [7, 11) is -3.52. The largest absolute Gasteiger partial charge is 1.00 e. The van der Waals surface area contributed by atoms with Crippen molar-refractivity contribution in [1.82, 2.24) is 5.32 Å². The smallest absolute Gasteiger partial charge is 0.644 e. The van der Waals surface area contributed by atoms with Gasteiger partial charge in [-0.15, -0.1) is 0 Å². The zero-order valence-electron chi connectivity index (χ0n) is 9.31. The number of hydrogen-bond donors (Lipinski definition) is 2. The first-order valence-corrected chi connectivity index (χ1v) is 6.40. The van der Waals surface area contributed by atoms with Gasteiger partial charge in [0.25, 0.3) is 0 Å². The Morgan fingerprint density at radius 3 is 2.20 bits per heavy atom. The van der Waals surface area contributed by atoms with Crippen LogP contribution in [0.15, 0.2) is 22.8 Å². The molecule has 0 heterocycles. The summed E-state index contributed by atoms with van der Waals surface area (Å²) in [5.74, 6) is 0. The van der Waals surface area contributed by atoms with Crippen molar-refractivity contribution in [3.05, 3.63) is 22.8 Å². The topological polar surface area (TPSA) is 66.4 Å². The molecule has 0 amide bonds. The van der Waals surface area contributed by atoms with Crippen molar-refractivity contribution in [1.29, 1.82) is 0 Å². The minimum atomic E-state index is -3.52. The van der Waals surface area contributed by atoms with Crippen LogP contribution in [0.5, 0.6) is 0 Å². The van der Waals surface area contributed by atoms with Crippen LogP contribution >= 0.6 is 0 Å². The third-order valence-corrected chi connectivity index (χ3v) is 3.11. The van der Waals surface area contributed by atoms with Crippen LogP contribution < -0.4 is 34.9 Å². The molecular formula is C8H14NNaO3S2. The molecule has 2 N–H and O–H groups in total. The SMILES string of the molecule is C/C(=C\C=C(/C)S(=O)(=O)[S-])NC(C)O.[Na+]. The Bertz CT molecular complexity index is 347. The molecule has 0 aromatic heterocycles. The van der Waals surface area contributed by atoms with Gasteiger partial charge in [-0.05, 0) is 32.9 Å². The second-order valence-corrected chi connectivity index (χ2v) is 5.77. The van der Waals surface area contributed by atoms with E-state index < -0.39 is 15.1 Å². The Labute approximate surface area is 118 Å². The standard InChI is InChI=1S/C8H15NO3S2.Na/c1-6(9-8(3)10)4-5-7(2)14(11,12)13;/h4-5,8-10H,1-3H3,(H,11,12,13);/q;+1/p-1/b6-4+,7-5+;. The molecular weight excluding hydrogens is 245 g/mol. The van der Waals surface area contributed by atoms with Crippen molar-refractivity contribution >= 4 is 20.5 Å². The second kappa shape index (κ2) is 7.76. The fourth-order valence-corrected chi connectivity index (χ4v) is 1.10. The minimum absolute atomic E-state index is 0. The average Bonchev–Trinajstić information content (AvgIpc) is 1.96. The van der Waals surface area contributed by atoms with Gasteiger partial charge in [0.05, 0.1) is 8.87 Å². The molecule has 0 aromatic rings. The van der Waals surface area contributed by atoms with Gasteiger partial charge in [-0.25, -0.2) is 8.42 Å². The predicted octanol–water partition coefficient (Wildman–Crippen LogP) is -2.40. The molecule has 0 radical (unpaired) electrons. The van der Waals surface area contributed by atoms with Gasteiger partial charge in [0.2, 0.25) is 0 Å². The Hall–Kier alpha value is 0.540. The van der Waals surface area contributed by atoms with E-state index in [1.807, 2.05) is 0 Å². The van der Waals surface area contributed by atoms with Gasteiger partial charge in [0.15, 0.2) is 0 Å². The van der Waals surface area contributed by atoms with Crippen molar-refractivity contribution in [2.75, 3.05) is 0 Å². The number of aliphatic hydroxyl groups excluding tert-OH is 1. The Morgan fingerprint density at radius 1 is 1.40 bits per heavy atom. The van der Waals surface area contributed by atoms with Crippen molar-refractivity contribution < 1.29 is 43.1 Å². The zero-order chi connectivity index (χ0) is 11.4. The maximum Gasteiger partial charge on any atom is 1.00 e. The normalized spacial score (nSPS) is 15.5.